The zero-order valence-corrected chi connectivity index (χ0v) is 15.7. The van der Waals surface area contributed by atoms with Gasteiger partial charge >= 0.3 is 0 Å². The number of rotatable bonds is 7. The van der Waals surface area contributed by atoms with Crippen LogP contribution in [-0.4, -0.2) is 27.3 Å². The van der Waals surface area contributed by atoms with Crippen molar-refractivity contribution in [3.05, 3.63) is 73.8 Å². The van der Waals surface area contributed by atoms with Gasteiger partial charge in [-0.15, -0.1) is 11.3 Å². The number of carbonyl (C=O) groups excluding carboxylic acids is 1. The van der Waals surface area contributed by atoms with Gasteiger partial charge in [0, 0.05) is 47.4 Å². The number of aromatic nitrogens is 2. The first-order valence-corrected chi connectivity index (χ1v) is 9.37. The third-order valence-corrected chi connectivity index (χ3v) is 4.92. The molecule has 27 heavy (non-hydrogen) atoms. The third kappa shape index (κ3) is 4.87. The number of nitrogens with zero attached hydrogens (tertiary/aromatic N) is 3. The van der Waals surface area contributed by atoms with Crippen LogP contribution in [0.5, 0.6) is 0 Å². The van der Waals surface area contributed by atoms with E-state index in [-0.39, 0.29) is 16.3 Å². The lowest BCUT2D eigenvalue weighted by Gasteiger charge is -2.05. The van der Waals surface area contributed by atoms with E-state index in [1.54, 1.807) is 23.7 Å². The maximum absolute atomic E-state index is 12.2. The Morgan fingerprint density at radius 2 is 2.04 bits per heavy atom. The molecule has 1 N–H and O–H groups in total. The van der Waals surface area contributed by atoms with Gasteiger partial charge in [0.1, 0.15) is 5.56 Å². The summed E-state index contributed by atoms with van der Waals surface area (Å²) in [4.78, 5) is 31.2. The molecule has 1 aromatic carbocycles. The topological polar surface area (TPSA) is 98.0 Å². The highest BCUT2D eigenvalue weighted by Crippen LogP contribution is 2.23. The highest BCUT2D eigenvalue weighted by molar-refractivity contribution is 7.09. The lowest BCUT2D eigenvalue weighted by Crippen LogP contribution is -2.25. The van der Waals surface area contributed by atoms with Crippen LogP contribution in [0.4, 0.5) is 5.69 Å². The molecule has 7 nitrogen and oxygen atoms in total. The fourth-order valence-electron chi connectivity index (χ4n) is 2.47. The molecule has 9 heteroatoms. The van der Waals surface area contributed by atoms with Crippen LogP contribution in [0.3, 0.4) is 0 Å². The van der Waals surface area contributed by atoms with Gasteiger partial charge in [0.25, 0.3) is 11.6 Å². The van der Waals surface area contributed by atoms with Gasteiger partial charge in [-0.25, -0.2) is 4.98 Å². The zero-order chi connectivity index (χ0) is 19.2. The number of thiazole rings is 1. The smallest absolute Gasteiger partial charge is 0.282 e. The van der Waals surface area contributed by atoms with Crippen LogP contribution in [-0.2, 0) is 6.42 Å². The molecule has 0 aliphatic rings. The number of carbonyl (C=O) groups is 1. The number of halogens is 1. The molecule has 0 unspecified atom stereocenters. The second kappa shape index (κ2) is 8.70. The summed E-state index contributed by atoms with van der Waals surface area (Å²) >= 11 is 7.40. The molecule has 0 aliphatic carbocycles. The van der Waals surface area contributed by atoms with E-state index < -0.39 is 10.8 Å². The molecule has 1 amide bonds. The number of pyridine rings is 1. The summed E-state index contributed by atoms with van der Waals surface area (Å²) < 4.78 is 0. The normalized spacial score (nSPS) is 10.6. The van der Waals surface area contributed by atoms with Crippen molar-refractivity contribution in [2.75, 3.05) is 6.54 Å². The number of benzene rings is 1. The first-order valence-electron chi connectivity index (χ1n) is 8.11. The summed E-state index contributed by atoms with van der Waals surface area (Å²) in [5.74, 6) is -0.513. The number of nitro groups is 1. The van der Waals surface area contributed by atoms with Gasteiger partial charge in [0.2, 0.25) is 0 Å². The van der Waals surface area contributed by atoms with Crippen LogP contribution in [0.15, 0.2) is 48.1 Å². The Bertz CT molecular complexity index is 962. The summed E-state index contributed by atoms with van der Waals surface area (Å²) in [6.45, 7) is 0.382. The average molecular weight is 403 g/mol. The van der Waals surface area contributed by atoms with Crippen molar-refractivity contribution in [2.24, 2.45) is 0 Å². The van der Waals surface area contributed by atoms with Gasteiger partial charge in [0.05, 0.1) is 15.6 Å². The number of amides is 1. The molecule has 0 fully saturated rings. The van der Waals surface area contributed by atoms with E-state index in [1.807, 2.05) is 17.5 Å². The van der Waals surface area contributed by atoms with Crippen molar-refractivity contribution < 1.29 is 9.72 Å². The summed E-state index contributed by atoms with van der Waals surface area (Å²) in [5, 5.41) is 17.0. The molecular weight excluding hydrogens is 388 g/mol. The van der Waals surface area contributed by atoms with E-state index in [2.05, 4.69) is 15.3 Å². The maximum atomic E-state index is 12.2. The fraction of sp³-hybridized carbons (Fsp3) is 0.167. The third-order valence-electron chi connectivity index (χ3n) is 3.78. The molecule has 2 aromatic heterocycles. The molecule has 0 aliphatic heterocycles. The van der Waals surface area contributed by atoms with Gasteiger partial charge in [-0.1, -0.05) is 11.6 Å². The van der Waals surface area contributed by atoms with Crippen LogP contribution in [0.25, 0.3) is 11.3 Å². The van der Waals surface area contributed by atoms with Gasteiger partial charge in [-0.3, -0.25) is 19.9 Å². The number of nitrogens with one attached hydrogen (secondary N) is 1. The molecule has 0 saturated carbocycles. The second-order valence-corrected chi connectivity index (χ2v) is 7.02. The minimum absolute atomic E-state index is 0.0401. The summed E-state index contributed by atoms with van der Waals surface area (Å²) in [6.07, 6.45) is 4.81. The van der Waals surface area contributed by atoms with E-state index >= 15 is 0 Å². The van der Waals surface area contributed by atoms with Gasteiger partial charge < -0.3 is 5.32 Å². The van der Waals surface area contributed by atoms with Gasteiger partial charge in [-0.05, 0) is 30.7 Å². The van der Waals surface area contributed by atoms with Crippen LogP contribution in [0.2, 0.25) is 5.02 Å². The monoisotopic (exact) mass is 402 g/mol. The Morgan fingerprint density at radius 1 is 1.26 bits per heavy atom. The highest BCUT2D eigenvalue weighted by atomic mass is 35.5. The van der Waals surface area contributed by atoms with Crippen LogP contribution >= 0.6 is 22.9 Å². The number of nitro benzene ring substituents is 1. The molecule has 0 saturated heterocycles. The van der Waals surface area contributed by atoms with Crippen LogP contribution < -0.4 is 5.32 Å². The highest BCUT2D eigenvalue weighted by Gasteiger charge is 2.20. The minimum Gasteiger partial charge on any atom is -0.352 e. The van der Waals surface area contributed by atoms with Crippen LogP contribution in [0, 0.1) is 10.1 Å². The quantitative estimate of drug-likeness (QED) is 0.364. The van der Waals surface area contributed by atoms with E-state index in [4.69, 9.17) is 11.6 Å². The number of aryl methyl sites for hydroxylation is 1. The van der Waals surface area contributed by atoms with Crippen LogP contribution in [0.1, 0.15) is 21.8 Å². The van der Waals surface area contributed by atoms with Crippen molar-refractivity contribution in [1.29, 1.82) is 0 Å². The van der Waals surface area contributed by atoms with Crippen molar-refractivity contribution in [3.8, 4) is 11.3 Å². The molecule has 0 spiro atoms. The molecule has 138 valence electrons. The van der Waals surface area contributed by atoms with Crippen molar-refractivity contribution >= 4 is 34.5 Å². The Kier molecular flexibility index (Phi) is 6.10. The Hall–Kier alpha value is -2.84. The van der Waals surface area contributed by atoms with Gasteiger partial charge in [-0.2, -0.15) is 0 Å². The summed E-state index contributed by atoms with van der Waals surface area (Å²) in [5.41, 5.74) is 1.60. The zero-order valence-electron chi connectivity index (χ0n) is 14.1. The minimum atomic E-state index is -0.596. The second-order valence-electron chi connectivity index (χ2n) is 5.64. The van der Waals surface area contributed by atoms with E-state index in [9.17, 15) is 14.9 Å². The van der Waals surface area contributed by atoms with E-state index in [0.29, 0.717) is 19.4 Å². The van der Waals surface area contributed by atoms with Crippen molar-refractivity contribution in [3.63, 3.8) is 0 Å². The Labute approximate surface area is 164 Å². The lowest BCUT2D eigenvalue weighted by atomic mass is 10.1. The largest absolute Gasteiger partial charge is 0.352 e. The lowest BCUT2D eigenvalue weighted by molar-refractivity contribution is -0.385. The molecule has 0 atom stereocenters. The van der Waals surface area contributed by atoms with E-state index in [1.165, 1.54) is 18.2 Å². The Morgan fingerprint density at radius 3 is 2.78 bits per heavy atom. The van der Waals surface area contributed by atoms with Crippen molar-refractivity contribution in [1.82, 2.24) is 15.3 Å². The maximum Gasteiger partial charge on any atom is 0.282 e. The number of hydrogen-bond acceptors (Lipinski definition) is 6. The fourth-order valence-corrected chi connectivity index (χ4v) is 3.49. The molecule has 3 aromatic rings. The number of hydrogen-bond donors (Lipinski definition) is 1. The van der Waals surface area contributed by atoms with Crippen molar-refractivity contribution in [2.45, 2.75) is 12.8 Å². The van der Waals surface area contributed by atoms with E-state index in [0.717, 1.165) is 16.3 Å². The molecule has 0 radical (unpaired) electrons. The molecule has 0 bridgehead atoms. The standard InChI is InChI=1S/C18H15ClN4O3S/c19-13-3-4-16(23(25)26)14(10-13)18(24)21-7-1-2-17-22-15(11-27-17)12-5-8-20-9-6-12/h3-6,8-11H,1-2,7H2,(H,21,24). The summed E-state index contributed by atoms with van der Waals surface area (Å²) in [7, 11) is 0. The first kappa shape index (κ1) is 18.9. The first-order chi connectivity index (χ1) is 13.0. The summed E-state index contributed by atoms with van der Waals surface area (Å²) in [6, 6.07) is 7.72. The molecule has 3 rings (SSSR count). The predicted octanol–water partition coefficient (Wildman–Crippen LogP) is 4.13. The SMILES string of the molecule is O=C(NCCCc1nc(-c2ccncc2)cs1)c1cc(Cl)ccc1[N+](=O)[O-]. The Balaban J connectivity index is 1.54. The van der Waals surface area contributed by atoms with Gasteiger partial charge in [0.15, 0.2) is 0 Å². The predicted molar refractivity (Wildman–Crippen MR) is 104 cm³/mol. The molecule has 2 heterocycles. The molecular formula is C18H15ClN4O3S. The average Bonchev–Trinajstić information content (AvgIpc) is 3.14.